The second kappa shape index (κ2) is 9.99. The lowest BCUT2D eigenvalue weighted by Crippen LogP contribution is -2.44. The second-order valence-electron chi connectivity index (χ2n) is 7.19. The first-order valence-electron chi connectivity index (χ1n) is 9.34. The third-order valence-electron chi connectivity index (χ3n) is 5.11. The summed E-state index contributed by atoms with van der Waals surface area (Å²) in [4.78, 5) is 9.60. The van der Waals surface area contributed by atoms with E-state index in [2.05, 4.69) is 47.4 Å². The fourth-order valence-electron chi connectivity index (χ4n) is 3.22. The van der Waals surface area contributed by atoms with Crippen molar-refractivity contribution in [1.29, 1.82) is 0 Å². The Balaban J connectivity index is 0.00000243. The second-order valence-corrected chi connectivity index (χ2v) is 7.59. The zero-order valence-corrected chi connectivity index (χ0v) is 19.1. The molecule has 1 saturated heterocycles. The zero-order chi connectivity index (χ0) is 17.8. The van der Waals surface area contributed by atoms with Gasteiger partial charge in [0.2, 0.25) is 0 Å². The van der Waals surface area contributed by atoms with Crippen LogP contribution in [0.2, 0.25) is 5.02 Å². The van der Waals surface area contributed by atoms with Crippen LogP contribution in [0.25, 0.3) is 0 Å². The van der Waals surface area contributed by atoms with Gasteiger partial charge in [0.1, 0.15) is 0 Å². The van der Waals surface area contributed by atoms with Gasteiger partial charge in [0.25, 0.3) is 0 Å². The van der Waals surface area contributed by atoms with Crippen LogP contribution in [0.4, 0.5) is 5.69 Å². The Morgan fingerprint density at radius 3 is 2.58 bits per heavy atom. The number of halogens is 2. The van der Waals surface area contributed by atoms with E-state index in [9.17, 15) is 0 Å². The van der Waals surface area contributed by atoms with Gasteiger partial charge in [-0.1, -0.05) is 24.6 Å². The number of anilines is 1. The van der Waals surface area contributed by atoms with E-state index in [1.807, 2.05) is 12.1 Å². The number of hydrogen-bond donors (Lipinski definition) is 2. The van der Waals surface area contributed by atoms with Gasteiger partial charge in [-0.25, -0.2) is 4.99 Å². The van der Waals surface area contributed by atoms with Gasteiger partial charge in [0.15, 0.2) is 5.96 Å². The summed E-state index contributed by atoms with van der Waals surface area (Å²) in [6.07, 6.45) is 1.23. The molecule has 146 valence electrons. The molecule has 2 aliphatic rings. The molecule has 0 amide bonds. The van der Waals surface area contributed by atoms with Gasteiger partial charge in [-0.05, 0) is 38.4 Å². The Kier molecular flexibility index (Phi) is 8.29. The number of likely N-dealkylation sites (N-methyl/N-ethyl adjacent to an activating group) is 1. The largest absolute Gasteiger partial charge is 0.369 e. The van der Waals surface area contributed by atoms with E-state index in [1.54, 1.807) is 0 Å². The van der Waals surface area contributed by atoms with Gasteiger partial charge < -0.3 is 20.4 Å². The Labute approximate surface area is 179 Å². The average molecular weight is 492 g/mol. The summed E-state index contributed by atoms with van der Waals surface area (Å²) in [7, 11) is 2.17. The first-order chi connectivity index (χ1) is 12.1. The van der Waals surface area contributed by atoms with Crippen LogP contribution >= 0.6 is 35.6 Å². The monoisotopic (exact) mass is 491 g/mol. The topological polar surface area (TPSA) is 42.9 Å². The summed E-state index contributed by atoms with van der Waals surface area (Å²) in [5.74, 6) is 1.63. The molecule has 0 spiro atoms. The van der Waals surface area contributed by atoms with E-state index >= 15 is 0 Å². The molecule has 2 unspecified atom stereocenters. The molecule has 2 N–H and O–H groups in total. The summed E-state index contributed by atoms with van der Waals surface area (Å²) in [5, 5.41) is 7.66. The van der Waals surface area contributed by atoms with Crippen molar-refractivity contribution in [2.24, 2.45) is 10.9 Å². The number of nitrogens with one attached hydrogen (secondary N) is 2. The highest BCUT2D eigenvalue weighted by Gasteiger charge is 2.33. The molecule has 3 rings (SSSR count). The number of aliphatic imine (C=N–C) groups is 1. The normalized spacial score (nSPS) is 23.4. The molecule has 0 radical (unpaired) electrons. The summed E-state index contributed by atoms with van der Waals surface area (Å²) in [6, 6.07) is 6.74. The minimum atomic E-state index is 0. The van der Waals surface area contributed by atoms with Crippen LogP contribution in [0.3, 0.4) is 0 Å². The van der Waals surface area contributed by atoms with Crippen molar-refractivity contribution >= 4 is 47.2 Å². The predicted molar refractivity (Wildman–Crippen MR) is 122 cm³/mol. The minimum absolute atomic E-state index is 0. The highest BCUT2D eigenvalue weighted by atomic mass is 127. The molecule has 1 aliphatic carbocycles. The summed E-state index contributed by atoms with van der Waals surface area (Å²) >= 11 is 6.53. The molecule has 1 heterocycles. The van der Waals surface area contributed by atoms with Crippen LogP contribution in [0.5, 0.6) is 0 Å². The number of nitrogens with zero attached hydrogens (tertiary/aromatic N) is 3. The van der Waals surface area contributed by atoms with Gasteiger partial charge in [0.05, 0.1) is 6.54 Å². The van der Waals surface area contributed by atoms with Gasteiger partial charge in [-0.2, -0.15) is 0 Å². The molecule has 1 saturated carbocycles. The molecular formula is C19H31ClIN5. The Morgan fingerprint density at radius 2 is 1.96 bits per heavy atom. The molecule has 2 atom stereocenters. The summed E-state index contributed by atoms with van der Waals surface area (Å²) < 4.78 is 0. The van der Waals surface area contributed by atoms with Crippen LogP contribution in [-0.4, -0.2) is 56.7 Å². The van der Waals surface area contributed by atoms with Gasteiger partial charge >= 0.3 is 0 Å². The smallest absolute Gasteiger partial charge is 0.191 e. The molecule has 26 heavy (non-hydrogen) atoms. The molecule has 1 aromatic rings. The van der Waals surface area contributed by atoms with Crippen molar-refractivity contribution in [3.8, 4) is 0 Å². The van der Waals surface area contributed by atoms with Gasteiger partial charge in [-0.15, -0.1) is 24.0 Å². The van der Waals surface area contributed by atoms with Crippen LogP contribution in [0, 0.1) is 5.92 Å². The van der Waals surface area contributed by atoms with Crippen LogP contribution < -0.4 is 15.5 Å². The Hall–Kier alpha value is -0.730. The number of rotatable bonds is 5. The highest BCUT2D eigenvalue weighted by molar-refractivity contribution is 14.0. The number of piperazine rings is 1. The number of guanidine groups is 1. The first-order valence-corrected chi connectivity index (χ1v) is 9.72. The first kappa shape index (κ1) is 21.6. The van der Waals surface area contributed by atoms with Crippen molar-refractivity contribution in [3.63, 3.8) is 0 Å². The summed E-state index contributed by atoms with van der Waals surface area (Å²) in [6.45, 7) is 10.0. The minimum Gasteiger partial charge on any atom is -0.369 e. The van der Waals surface area contributed by atoms with Crippen molar-refractivity contribution in [2.45, 2.75) is 32.9 Å². The van der Waals surface area contributed by atoms with Gasteiger partial charge in [-0.3, -0.25) is 0 Å². The average Bonchev–Trinajstić information content (AvgIpc) is 3.29. The van der Waals surface area contributed by atoms with Crippen molar-refractivity contribution in [2.75, 3.05) is 44.7 Å². The van der Waals surface area contributed by atoms with Crippen LogP contribution in [0.15, 0.2) is 23.2 Å². The Bertz CT molecular complexity index is 616. The lowest BCUT2D eigenvalue weighted by atomic mass is 10.1. The zero-order valence-electron chi connectivity index (χ0n) is 16.0. The molecule has 2 fully saturated rings. The van der Waals surface area contributed by atoms with E-state index in [0.29, 0.717) is 12.6 Å². The maximum Gasteiger partial charge on any atom is 0.191 e. The third-order valence-corrected chi connectivity index (χ3v) is 5.46. The maximum absolute atomic E-state index is 6.53. The molecule has 7 heteroatoms. The SMILES string of the molecule is CCNC(=NCc1c(Cl)cccc1N1CCN(C)CC1)NC1CC1C.I. The van der Waals surface area contributed by atoms with Crippen LogP contribution in [-0.2, 0) is 6.54 Å². The van der Waals surface area contributed by atoms with E-state index in [-0.39, 0.29) is 24.0 Å². The van der Waals surface area contributed by atoms with Crippen molar-refractivity contribution in [1.82, 2.24) is 15.5 Å². The van der Waals surface area contributed by atoms with E-state index < -0.39 is 0 Å². The molecule has 1 aromatic carbocycles. The van der Waals surface area contributed by atoms with Gasteiger partial charge in [0, 0.05) is 55.0 Å². The lowest BCUT2D eigenvalue weighted by molar-refractivity contribution is 0.312. The third kappa shape index (κ3) is 5.63. The molecule has 1 aliphatic heterocycles. The fraction of sp³-hybridized carbons (Fsp3) is 0.632. The lowest BCUT2D eigenvalue weighted by Gasteiger charge is -2.35. The van der Waals surface area contributed by atoms with E-state index in [0.717, 1.165) is 55.2 Å². The summed E-state index contributed by atoms with van der Waals surface area (Å²) in [5.41, 5.74) is 2.34. The molecule has 0 bridgehead atoms. The molecular weight excluding hydrogens is 461 g/mol. The Morgan fingerprint density at radius 1 is 1.27 bits per heavy atom. The predicted octanol–water partition coefficient (Wildman–Crippen LogP) is 3.17. The number of benzene rings is 1. The fourth-order valence-corrected chi connectivity index (χ4v) is 3.45. The van der Waals surface area contributed by atoms with E-state index in [1.165, 1.54) is 12.1 Å². The van der Waals surface area contributed by atoms with Crippen LogP contribution in [0.1, 0.15) is 25.8 Å². The van der Waals surface area contributed by atoms with E-state index in [4.69, 9.17) is 16.6 Å². The highest BCUT2D eigenvalue weighted by Crippen LogP contribution is 2.30. The number of hydrogen-bond acceptors (Lipinski definition) is 3. The van der Waals surface area contributed by atoms with Crippen molar-refractivity contribution in [3.05, 3.63) is 28.8 Å². The van der Waals surface area contributed by atoms with Crippen molar-refractivity contribution < 1.29 is 0 Å². The molecule has 0 aromatic heterocycles. The standard InChI is InChI=1S/C19H30ClN5.HI/c1-4-21-19(23-17-12-14(17)2)22-13-15-16(20)6-5-7-18(15)25-10-8-24(3)9-11-25;/h5-7,14,17H,4,8-13H2,1-3H3,(H2,21,22,23);1H. The quantitative estimate of drug-likeness (QED) is 0.377. The molecule has 5 nitrogen and oxygen atoms in total. The maximum atomic E-state index is 6.53.